The molecule has 0 unspecified atom stereocenters. The van der Waals surface area contributed by atoms with E-state index in [1.807, 2.05) is 32.9 Å². The van der Waals surface area contributed by atoms with Gasteiger partial charge in [-0.15, -0.1) is 0 Å². The molecule has 0 spiro atoms. The summed E-state index contributed by atoms with van der Waals surface area (Å²) in [6, 6.07) is 5.25. The van der Waals surface area contributed by atoms with E-state index >= 15 is 0 Å². The van der Waals surface area contributed by atoms with Crippen molar-refractivity contribution in [1.82, 2.24) is 4.90 Å². The number of nitrogens with two attached hydrogens (primary N) is 1. The van der Waals surface area contributed by atoms with Crippen LogP contribution in [0.3, 0.4) is 0 Å². The molecule has 0 saturated carbocycles. The number of halogens is 1. The molecule has 4 nitrogen and oxygen atoms in total. The zero-order valence-corrected chi connectivity index (χ0v) is 14.1. The largest absolute Gasteiger partial charge is 0.444 e. The van der Waals surface area contributed by atoms with Gasteiger partial charge in [0, 0.05) is 18.7 Å². The molecule has 1 aliphatic heterocycles. The van der Waals surface area contributed by atoms with Gasteiger partial charge in [0.15, 0.2) is 0 Å². The second kappa shape index (κ2) is 7.13. The van der Waals surface area contributed by atoms with Crippen LogP contribution in [0.1, 0.15) is 38.3 Å². The minimum atomic E-state index is -0.508. The average Bonchev–Trinajstić information content (AvgIpc) is 2.46. The van der Waals surface area contributed by atoms with Crippen LogP contribution in [0.5, 0.6) is 0 Å². The van der Waals surface area contributed by atoms with Crippen LogP contribution >= 0.6 is 0 Å². The first kappa shape index (κ1) is 17.5. The van der Waals surface area contributed by atoms with Gasteiger partial charge >= 0.3 is 6.09 Å². The molecule has 0 saturated heterocycles. The molecule has 0 bridgehead atoms. The third-order valence-electron chi connectivity index (χ3n) is 3.67. The van der Waals surface area contributed by atoms with E-state index in [2.05, 4.69) is 0 Å². The number of rotatable bonds is 3. The minimum absolute atomic E-state index is 0.229. The second-order valence-corrected chi connectivity index (χ2v) is 6.76. The van der Waals surface area contributed by atoms with E-state index in [-0.39, 0.29) is 11.9 Å². The van der Waals surface area contributed by atoms with E-state index in [9.17, 15) is 9.18 Å². The normalized spacial score (nSPS) is 15.3. The standard InChI is InChI=1S/C18H25FN2O2/c1-18(2,3)23-17(22)21-10-7-14(8-11-21)15-5-4-13(6-9-20)12-16(15)19/h4-5,7,12H,6,8-11,20H2,1-3H3. The van der Waals surface area contributed by atoms with E-state index in [1.165, 1.54) is 0 Å². The fraction of sp³-hybridized carbons (Fsp3) is 0.500. The first-order valence-corrected chi connectivity index (χ1v) is 7.96. The van der Waals surface area contributed by atoms with Crippen molar-refractivity contribution in [2.24, 2.45) is 5.73 Å². The molecular formula is C18H25FN2O2. The maximum absolute atomic E-state index is 14.2. The number of nitrogens with zero attached hydrogens (tertiary/aromatic N) is 1. The van der Waals surface area contributed by atoms with E-state index in [0.717, 1.165) is 11.1 Å². The number of hydrogen-bond acceptors (Lipinski definition) is 3. The SMILES string of the molecule is CC(C)(C)OC(=O)N1CC=C(c2ccc(CCN)cc2F)CC1. The maximum Gasteiger partial charge on any atom is 0.410 e. The van der Waals surface area contributed by atoms with Crippen molar-refractivity contribution >= 4 is 11.7 Å². The van der Waals surface area contributed by atoms with Crippen molar-refractivity contribution in [3.63, 3.8) is 0 Å². The summed E-state index contributed by atoms with van der Waals surface area (Å²) in [4.78, 5) is 13.7. The summed E-state index contributed by atoms with van der Waals surface area (Å²) in [5.41, 5.74) is 7.43. The average molecular weight is 320 g/mol. The molecule has 0 aliphatic carbocycles. The number of amides is 1. The third kappa shape index (κ3) is 4.79. The van der Waals surface area contributed by atoms with Gasteiger partial charge in [-0.3, -0.25) is 0 Å². The molecule has 0 fully saturated rings. The highest BCUT2D eigenvalue weighted by molar-refractivity contribution is 5.73. The molecule has 5 heteroatoms. The molecule has 1 heterocycles. The Morgan fingerprint density at radius 3 is 2.65 bits per heavy atom. The fourth-order valence-electron chi connectivity index (χ4n) is 2.55. The maximum atomic E-state index is 14.2. The Kier molecular flexibility index (Phi) is 5.42. The van der Waals surface area contributed by atoms with E-state index in [4.69, 9.17) is 10.5 Å². The van der Waals surface area contributed by atoms with E-state index < -0.39 is 5.60 Å². The number of benzene rings is 1. The van der Waals surface area contributed by atoms with Crippen molar-refractivity contribution in [1.29, 1.82) is 0 Å². The molecule has 0 radical (unpaired) electrons. The summed E-state index contributed by atoms with van der Waals surface area (Å²) in [6.45, 7) is 7.00. The molecule has 2 N–H and O–H groups in total. The van der Waals surface area contributed by atoms with Crippen molar-refractivity contribution in [3.05, 3.63) is 41.2 Å². The van der Waals surface area contributed by atoms with Crippen molar-refractivity contribution in [2.45, 2.75) is 39.2 Å². The summed E-state index contributed by atoms with van der Waals surface area (Å²) in [7, 11) is 0. The Morgan fingerprint density at radius 2 is 2.13 bits per heavy atom. The summed E-state index contributed by atoms with van der Waals surface area (Å²) < 4.78 is 19.6. The molecule has 1 aliphatic rings. The van der Waals surface area contributed by atoms with Gasteiger partial charge in [-0.1, -0.05) is 18.2 Å². The number of ether oxygens (including phenoxy) is 1. The molecule has 1 aromatic carbocycles. The molecular weight excluding hydrogens is 295 g/mol. The van der Waals surface area contributed by atoms with Gasteiger partial charge in [-0.05, 0) is 57.4 Å². The zero-order chi connectivity index (χ0) is 17.0. The van der Waals surface area contributed by atoms with Gasteiger partial charge in [-0.25, -0.2) is 9.18 Å². The zero-order valence-electron chi connectivity index (χ0n) is 14.1. The van der Waals surface area contributed by atoms with Gasteiger partial charge in [-0.2, -0.15) is 0 Å². The Labute approximate surface area is 137 Å². The minimum Gasteiger partial charge on any atom is -0.444 e. The Bertz CT molecular complexity index is 606. The van der Waals surface area contributed by atoms with Crippen LogP contribution in [0, 0.1) is 5.82 Å². The van der Waals surface area contributed by atoms with Crippen LogP contribution in [0.25, 0.3) is 5.57 Å². The predicted molar refractivity (Wildman–Crippen MR) is 89.6 cm³/mol. The lowest BCUT2D eigenvalue weighted by atomic mass is 9.97. The topological polar surface area (TPSA) is 55.6 Å². The summed E-state index contributed by atoms with van der Waals surface area (Å²) in [6.07, 6.45) is 2.86. The van der Waals surface area contributed by atoms with Gasteiger partial charge in [0.05, 0.1) is 0 Å². The van der Waals surface area contributed by atoms with Crippen LogP contribution in [-0.2, 0) is 11.2 Å². The lowest BCUT2D eigenvalue weighted by Crippen LogP contribution is -2.39. The molecule has 126 valence electrons. The number of carbonyl (C=O) groups excluding carboxylic acids is 1. The lowest BCUT2D eigenvalue weighted by Gasteiger charge is -2.29. The highest BCUT2D eigenvalue weighted by Crippen LogP contribution is 2.26. The quantitative estimate of drug-likeness (QED) is 0.929. The third-order valence-corrected chi connectivity index (χ3v) is 3.67. The van der Waals surface area contributed by atoms with Crippen molar-refractivity contribution in [3.8, 4) is 0 Å². The lowest BCUT2D eigenvalue weighted by molar-refractivity contribution is 0.0270. The molecule has 2 rings (SSSR count). The number of carbonyl (C=O) groups is 1. The summed E-state index contributed by atoms with van der Waals surface area (Å²) >= 11 is 0. The highest BCUT2D eigenvalue weighted by Gasteiger charge is 2.24. The monoisotopic (exact) mass is 320 g/mol. The smallest absolute Gasteiger partial charge is 0.410 e. The number of hydrogen-bond donors (Lipinski definition) is 1. The molecule has 0 aromatic heterocycles. The Morgan fingerprint density at radius 1 is 1.39 bits per heavy atom. The van der Waals surface area contributed by atoms with Gasteiger partial charge in [0.1, 0.15) is 11.4 Å². The van der Waals surface area contributed by atoms with E-state index in [1.54, 1.807) is 17.0 Å². The van der Waals surface area contributed by atoms with Crippen LogP contribution in [0.15, 0.2) is 24.3 Å². The Balaban J connectivity index is 2.06. The Hall–Kier alpha value is -1.88. The summed E-state index contributed by atoms with van der Waals surface area (Å²) in [5.74, 6) is -0.229. The van der Waals surface area contributed by atoms with Crippen LogP contribution in [-0.4, -0.2) is 36.2 Å². The van der Waals surface area contributed by atoms with Gasteiger partial charge < -0.3 is 15.4 Å². The molecule has 1 aromatic rings. The summed E-state index contributed by atoms with van der Waals surface area (Å²) in [5, 5.41) is 0. The molecule has 1 amide bonds. The van der Waals surface area contributed by atoms with E-state index in [0.29, 0.717) is 38.0 Å². The molecule has 0 atom stereocenters. The van der Waals surface area contributed by atoms with Crippen LogP contribution < -0.4 is 5.73 Å². The predicted octanol–water partition coefficient (Wildman–Crippen LogP) is 3.35. The molecule has 23 heavy (non-hydrogen) atoms. The first-order chi connectivity index (χ1) is 10.8. The highest BCUT2D eigenvalue weighted by atomic mass is 19.1. The first-order valence-electron chi connectivity index (χ1n) is 7.96. The fourth-order valence-corrected chi connectivity index (χ4v) is 2.55. The van der Waals surface area contributed by atoms with Crippen LogP contribution in [0.2, 0.25) is 0 Å². The van der Waals surface area contributed by atoms with Gasteiger partial charge in [0.2, 0.25) is 0 Å². The van der Waals surface area contributed by atoms with Crippen LogP contribution in [0.4, 0.5) is 9.18 Å². The van der Waals surface area contributed by atoms with Gasteiger partial charge in [0.25, 0.3) is 0 Å². The van der Waals surface area contributed by atoms with Crippen molar-refractivity contribution in [2.75, 3.05) is 19.6 Å². The van der Waals surface area contributed by atoms with Crippen molar-refractivity contribution < 1.29 is 13.9 Å². The second-order valence-electron chi connectivity index (χ2n) is 6.76.